The van der Waals surface area contributed by atoms with Crippen LogP contribution in [-0.2, 0) is 25.8 Å². The summed E-state index contributed by atoms with van der Waals surface area (Å²) in [5.41, 5.74) is 6.74. The molecule has 0 atom stereocenters. The van der Waals surface area contributed by atoms with E-state index < -0.39 is 21.5 Å². The Kier molecular flexibility index (Phi) is 4.16. The van der Waals surface area contributed by atoms with Crippen molar-refractivity contribution in [1.29, 1.82) is 0 Å². The molecule has 0 saturated heterocycles. The number of benzene rings is 1. The van der Waals surface area contributed by atoms with Gasteiger partial charge < -0.3 is 5.73 Å². The van der Waals surface area contributed by atoms with E-state index in [4.69, 9.17) is 5.73 Å². The van der Waals surface area contributed by atoms with Crippen molar-refractivity contribution in [3.05, 3.63) is 35.4 Å². The summed E-state index contributed by atoms with van der Waals surface area (Å²) in [6, 6.07) is 7.38. The van der Waals surface area contributed by atoms with Gasteiger partial charge in [-0.2, -0.15) is 0 Å². The maximum Gasteiger partial charge on any atom is 0.232 e. The number of sulfone groups is 1. The molecule has 0 fully saturated rings. The predicted molar refractivity (Wildman–Crippen MR) is 71.8 cm³/mol. The summed E-state index contributed by atoms with van der Waals surface area (Å²) < 4.78 is 23.2. The Bertz CT molecular complexity index is 524. The molecule has 0 aromatic heterocycles. The molecule has 1 aromatic rings. The van der Waals surface area contributed by atoms with E-state index in [2.05, 4.69) is 20.8 Å². The van der Waals surface area contributed by atoms with Gasteiger partial charge in [0.25, 0.3) is 0 Å². The van der Waals surface area contributed by atoms with Crippen molar-refractivity contribution in [2.75, 3.05) is 5.75 Å². The van der Waals surface area contributed by atoms with E-state index in [1.165, 1.54) is 0 Å². The summed E-state index contributed by atoms with van der Waals surface area (Å²) in [6.45, 7) is 6.27. The van der Waals surface area contributed by atoms with E-state index in [-0.39, 0.29) is 11.2 Å². The fraction of sp³-hybridized carbons (Fsp3) is 0.462. The summed E-state index contributed by atoms with van der Waals surface area (Å²) in [5.74, 6) is -1.57. The van der Waals surface area contributed by atoms with Crippen molar-refractivity contribution in [2.24, 2.45) is 5.73 Å². The van der Waals surface area contributed by atoms with E-state index in [9.17, 15) is 13.2 Å². The number of carbonyl (C=O) groups is 1. The first-order valence-corrected chi connectivity index (χ1v) is 7.50. The number of amides is 1. The van der Waals surface area contributed by atoms with Crippen molar-refractivity contribution in [2.45, 2.75) is 31.9 Å². The highest BCUT2D eigenvalue weighted by molar-refractivity contribution is 7.91. The van der Waals surface area contributed by atoms with Crippen molar-refractivity contribution < 1.29 is 13.2 Å². The Labute approximate surface area is 108 Å². The Morgan fingerprint density at radius 2 is 1.67 bits per heavy atom. The van der Waals surface area contributed by atoms with Gasteiger partial charge >= 0.3 is 0 Å². The topological polar surface area (TPSA) is 77.2 Å². The molecule has 0 saturated carbocycles. The molecular weight excluding hydrogens is 250 g/mol. The summed E-state index contributed by atoms with van der Waals surface area (Å²) in [4.78, 5) is 10.6. The quantitative estimate of drug-likeness (QED) is 0.897. The summed E-state index contributed by atoms with van der Waals surface area (Å²) in [5, 5.41) is 0. The van der Waals surface area contributed by atoms with E-state index in [1.54, 1.807) is 12.1 Å². The third-order valence-corrected chi connectivity index (χ3v) is 4.07. The second-order valence-electron chi connectivity index (χ2n) is 5.45. The van der Waals surface area contributed by atoms with Gasteiger partial charge in [0, 0.05) is 0 Å². The molecule has 18 heavy (non-hydrogen) atoms. The molecule has 4 nitrogen and oxygen atoms in total. The monoisotopic (exact) mass is 269 g/mol. The molecule has 0 aliphatic heterocycles. The lowest BCUT2D eigenvalue weighted by Crippen LogP contribution is -2.24. The van der Waals surface area contributed by atoms with Gasteiger partial charge in [-0.15, -0.1) is 0 Å². The van der Waals surface area contributed by atoms with Crippen LogP contribution < -0.4 is 5.73 Å². The highest BCUT2D eigenvalue weighted by atomic mass is 32.2. The zero-order valence-electron chi connectivity index (χ0n) is 10.9. The number of nitrogens with two attached hydrogens (primary N) is 1. The van der Waals surface area contributed by atoms with Gasteiger partial charge in [0.05, 0.1) is 5.75 Å². The standard InChI is InChI=1S/C13H19NO3S/c1-13(2,3)11-6-4-10(5-7-11)8-18(16,17)9-12(14)15/h4-7H,8-9H2,1-3H3,(H2,14,15). The molecule has 2 N–H and O–H groups in total. The van der Waals surface area contributed by atoms with Crippen LogP contribution in [0.3, 0.4) is 0 Å². The van der Waals surface area contributed by atoms with Gasteiger partial charge in [-0.25, -0.2) is 8.42 Å². The Hall–Kier alpha value is -1.36. The molecule has 0 heterocycles. The smallest absolute Gasteiger partial charge is 0.232 e. The van der Waals surface area contributed by atoms with Crippen LogP contribution >= 0.6 is 0 Å². The minimum atomic E-state index is -3.46. The van der Waals surface area contributed by atoms with Crippen molar-refractivity contribution >= 4 is 15.7 Å². The molecule has 0 spiro atoms. The van der Waals surface area contributed by atoms with Crippen LogP contribution in [0.2, 0.25) is 0 Å². The second-order valence-corrected chi connectivity index (χ2v) is 7.51. The molecule has 0 radical (unpaired) electrons. The van der Waals surface area contributed by atoms with E-state index in [0.29, 0.717) is 5.56 Å². The van der Waals surface area contributed by atoms with E-state index >= 15 is 0 Å². The van der Waals surface area contributed by atoms with Crippen LogP contribution in [-0.4, -0.2) is 20.1 Å². The molecule has 1 rings (SSSR count). The zero-order chi connectivity index (χ0) is 14.0. The zero-order valence-corrected chi connectivity index (χ0v) is 11.8. The number of hydrogen-bond donors (Lipinski definition) is 1. The minimum absolute atomic E-state index is 0.0324. The summed E-state index contributed by atoms with van der Waals surface area (Å²) in [6.07, 6.45) is 0. The normalized spacial score (nSPS) is 12.4. The fourth-order valence-corrected chi connectivity index (χ4v) is 2.86. The predicted octanol–water partition coefficient (Wildman–Crippen LogP) is 1.38. The first kappa shape index (κ1) is 14.7. The molecule has 5 heteroatoms. The summed E-state index contributed by atoms with van der Waals surface area (Å²) in [7, 11) is -3.46. The molecule has 0 unspecified atom stereocenters. The fourth-order valence-electron chi connectivity index (χ4n) is 1.62. The van der Waals surface area contributed by atoms with Gasteiger partial charge in [-0.3, -0.25) is 4.79 Å². The SMILES string of the molecule is CC(C)(C)c1ccc(CS(=O)(=O)CC(N)=O)cc1. The number of primary amides is 1. The van der Waals surface area contributed by atoms with Crippen LogP contribution in [0.4, 0.5) is 0 Å². The van der Waals surface area contributed by atoms with Gasteiger partial charge in [0.1, 0.15) is 5.75 Å². The molecule has 100 valence electrons. The highest BCUT2D eigenvalue weighted by Gasteiger charge is 2.17. The minimum Gasteiger partial charge on any atom is -0.369 e. The van der Waals surface area contributed by atoms with Gasteiger partial charge in [0.15, 0.2) is 9.84 Å². The van der Waals surface area contributed by atoms with Crippen LogP contribution in [0.1, 0.15) is 31.9 Å². The summed E-state index contributed by atoms with van der Waals surface area (Å²) >= 11 is 0. The number of rotatable bonds is 4. The highest BCUT2D eigenvalue weighted by Crippen LogP contribution is 2.22. The molecule has 0 aliphatic rings. The van der Waals surface area contributed by atoms with Gasteiger partial charge in [-0.1, -0.05) is 45.0 Å². The average molecular weight is 269 g/mol. The molecule has 1 amide bonds. The lowest BCUT2D eigenvalue weighted by Gasteiger charge is -2.19. The van der Waals surface area contributed by atoms with Crippen molar-refractivity contribution in [3.63, 3.8) is 0 Å². The number of carbonyl (C=O) groups excluding carboxylic acids is 1. The molecular formula is C13H19NO3S. The lowest BCUT2D eigenvalue weighted by molar-refractivity contribution is -0.115. The Balaban J connectivity index is 2.85. The van der Waals surface area contributed by atoms with Gasteiger partial charge in [-0.05, 0) is 16.5 Å². The Morgan fingerprint density at radius 3 is 2.06 bits per heavy atom. The Morgan fingerprint density at radius 1 is 1.17 bits per heavy atom. The van der Waals surface area contributed by atoms with Crippen LogP contribution in [0.25, 0.3) is 0 Å². The van der Waals surface area contributed by atoms with E-state index in [0.717, 1.165) is 5.56 Å². The largest absolute Gasteiger partial charge is 0.369 e. The van der Waals surface area contributed by atoms with E-state index in [1.807, 2.05) is 12.1 Å². The maximum atomic E-state index is 11.6. The third-order valence-electron chi connectivity index (χ3n) is 2.57. The van der Waals surface area contributed by atoms with Crippen LogP contribution in [0.5, 0.6) is 0 Å². The molecule has 0 aliphatic carbocycles. The van der Waals surface area contributed by atoms with Crippen molar-refractivity contribution in [3.8, 4) is 0 Å². The average Bonchev–Trinajstić information content (AvgIpc) is 2.13. The first-order valence-electron chi connectivity index (χ1n) is 5.68. The molecule has 1 aromatic carbocycles. The second kappa shape index (κ2) is 5.10. The van der Waals surface area contributed by atoms with Crippen LogP contribution in [0.15, 0.2) is 24.3 Å². The number of hydrogen-bond acceptors (Lipinski definition) is 3. The third kappa shape index (κ3) is 4.49. The maximum absolute atomic E-state index is 11.6. The lowest BCUT2D eigenvalue weighted by atomic mass is 9.87. The van der Waals surface area contributed by atoms with Crippen molar-refractivity contribution in [1.82, 2.24) is 0 Å². The van der Waals surface area contributed by atoms with Crippen LogP contribution in [0, 0.1) is 0 Å². The molecule has 0 bridgehead atoms. The first-order chi connectivity index (χ1) is 8.10. The van der Waals surface area contributed by atoms with Gasteiger partial charge in [0.2, 0.25) is 5.91 Å².